The zero-order valence-corrected chi connectivity index (χ0v) is 16.4. The van der Waals surface area contributed by atoms with Crippen molar-refractivity contribution in [2.24, 2.45) is 7.05 Å². The van der Waals surface area contributed by atoms with E-state index in [4.69, 9.17) is 4.98 Å². The topological polar surface area (TPSA) is 51.0 Å². The molecule has 2 aliphatic rings. The van der Waals surface area contributed by atoms with Crippen LogP contribution in [0.25, 0.3) is 11.3 Å². The molecule has 1 aliphatic heterocycles. The summed E-state index contributed by atoms with van der Waals surface area (Å²) in [5, 5.41) is 0. The van der Waals surface area contributed by atoms with Crippen LogP contribution in [0.1, 0.15) is 36.3 Å². The molecule has 2 atom stereocenters. The molecule has 2 aromatic heterocycles. The fraction of sp³-hybridized carbons (Fsp3) is 0.348. The van der Waals surface area contributed by atoms with Crippen molar-refractivity contribution in [2.45, 2.75) is 37.6 Å². The van der Waals surface area contributed by atoms with Crippen LogP contribution in [-0.2, 0) is 13.5 Å². The van der Waals surface area contributed by atoms with Crippen LogP contribution in [-0.4, -0.2) is 27.1 Å². The third-order valence-corrected chi connectivity index (χ3v) is 6.36. The quantitative estimate of drug-likeness (QED) is 0.670. The molecule has 0 bridgehead atoms. The van der Waals surface area contributed by atoms with Crippen LogP contribution in [0.5, 0.6) is 0 Å². The number of aromatic nitrogens is 3. The molecule has 148 valence electrons. The molecule has 6 heteroatoms. The second-order valence-corrected chi connectivity index (χ2v) is 7.94. The fourth-order valence-corrected chi connectivity index (χ4v) is 4.96. The van der Waals surface area contributed by atoms with Gasteiger partial charge in [-0.1, -0.05) is 24.3 Å². The van der Waals surface area contributed by atoms with Crippen molar-refractivity contribution in [3.05, 3.63) is 76.1 Å². The Morgan fingerprint density at radius 1 is 1.17 bits per heavy atom. The predicted molar refractivity (Wildman–Crippen MR) is 111 cm³/mol. The van der Waals surface area contributed by atoms with E-state index in [0.717, 1.165) is 38.4 Å². The number of hydrogen-bond acceptors (Lipinski definition) is 4. The van der Waals surface area contributed by atoms with E-state index >= 15 is 0 Å². The van der Waals surface area contributed by atoms with Gasteiger partial charge in [0.05, 0.1) is 11.9 Å². The van der Waals surface area contributed by atoms with Gasteiger partial charge in [-0.15, -0.1) is 0 Å². The minimum absolute atomic E-state index is 0.181. The van der Waals surface area contributed by atoms with Gasteiger partial charge in [-0.2, -0.15) is 0 Å². The number of benzene rings is 1. The number of anilines is 1. The van der Waals surface area contributed by atoms with E-state index in [1.54, 1.807) is 17.7 Å². The SMILES string of the molecule is Cn1c(N2CCC[C@@H]3c4ccccc4CC[C@H]32)nc(-c2ccncc2F)cc1=O. The number of piperidine rings is 1. The maximum absolute atomic E-state index is 14.3. The van der Waals surface area contributed by atoms with Gasteiger partial charge in [0.1, 0.15) is 0 Å². The maximum Gasteiger partial charge on any atom is 0.255 e. The van der Waals surface area contributed by atoms with E-state index in [1.165, 1.54) is 23.4 Å². The standard InChI is InChI=1S/C23H23FN4O/c1-27-22(29)13-20(18-10-11-25-14-19(18)24)26-23(27)28-12-4-7-17-16-6-3-2-5-15(16)8-9-21(17)28/h2-3,5-6,10-11,13-14,17,21H,4,7-9,12H2,1H3/t17-,21-/m1/s1. The molecule has 1 aliphatic carbocycles. The van der Waals surface area contributed by atoms with Crippen LogP contribution in [0.15, 0.2) is 53.6 Å². The van der Waals surface area contributed by atoms with Gasteiger partial charge < -0.3 is 4.90 Å². The molecule has 29 heavy (non-hydrogen) atoms. The summed E-state index contributed by atoms with van der Waals surface area (Å²) < 4.78 is 15.9. The lowest BCUT2D eigenvalue weighted by Crippen LogP contribution is -2.48. The summed E-state index contributed by atoms with van der Waals surface area (Å²) in [6.45, 7) is 0.853. The minimum Gasteiger partial charge on any atom is -0.339 e. The first-order valence-electron chi connectivity index (χ1n) is 10.2. The molecule has 5 rings (SSSR count). The van der Waals surface area contributed by atoms with Crippen molar-refractivity contribution >= 4 is 5.95 Å². The molecule has 0 radical (unpaired) electrons. The van der Waals surface area contributed by atoms with Gasteiger partial charge in [-0.3, -0.25) is 14.3 Å². The Morgan fingerprint density at radius 3 is 2.90 bits per heavy atom. The minimum atomic E-state index is -0.470. The van der Waals surface area contributed by atoms with Gasteiger partial charge in [0.25, 0.3) is 5.56 Å². The van der Waals surface area contributed by atoms with Crippen LogP contribution in [0.3, 0.4) is 0 Å². The number of rotatable bonds is 2. The summed E-state index contributed by atoms with van der Waals surface area (Å²) in [6.07, 6.45) is 6.92. The van der Waals surface area contributed by atoms with E-state index in [1.807, 2.05) is 0 Å². The van der Waals surface area contributed by atoms with Crippen molar-refractivity contribution in [1.82, 2.24) is 14.5 Å². The number of hydrogen-bond donors (Lipinski definition) is 0. The monoisotopic (exact) mass is 390 g/mol. The number of nitrogens with zero attached hydrogens (tertiary/aromatic N) is 4. The summed E-state index contributed by atoms with van der Waals surface area (Å²) >= 11 is 0. The highest BCUT2D eigenvalue weighted by Crippen LogP contribution is 2.41. The summed E-state index contributed by atoms with van der Waals surface area (Å²) in [5.41, 5.74) is 3.35. The van der Waals surface area contributed by atoms with Gasteiger partial charge in [0.15, 0.2) is 5.82 Å². The largest absolute Gasteiger partial charge is 0.339 e. The van der Waals surface area contributed by atoms with Crippen LogP contribution in [0.2, 0.25) is 0 Å². The average Bonchev–Trinajstić information content (AvgIpc) is 2.75. The first kappa shape index (κ1) is 18.0. The highest BCUT2D eigenvalue weighted by atomic mass is 19.1. The molecular weight excluding hydrogens is 367 g/mol. The summed E-state index contributed by atoms with van der Waals surface area (Å²) in [6, 6.07) is 12.0. The Hall–Kier alpha value is -3.02. The van der Waals surface area contributed by atoms with E-state index in [-0.39, 0.29) is 5.56 Å². The maximum atomic E-state index is 14.3. The molecule has 3 heterocycles. The summed E-state index contributed by atoms with van der Waals surface area (Å²) in [4.78, 5) is 23.5. The zero-order chi connectivity index (χ0) is 20.0. The molecule has 1 fully saturated rings. The Balaban J connectivity index is 1.59. The smallest absolute Gasteiger partial charge is 0.255 e. The first-order valence-corrected chi connectivity index (χ1v) is 10.2. The fourth-order valence-electron chi connectivity index (χ4n) is 4.96. The zero-order valence-electron chi connectivity index (χ0n) is 16.4. The van der Waals surface area contributed by atoms with Crippen molar-refractivity contribution in [3.63, 3.8) is 0 Å². The van der Waals surface area contributed by atoms with E-state index < -0.39 is 5.82 Å². The van der Waals surface area contributed by atoms with Crippen LogP contribution in [0, 0.1) is 5.82 Å². The van der Waals surface area contributed by atoms with Gasteiger partial charge in [-0.05, 0) is 42.9 Å². The van der Waals surface area contributed by atoms with E-state index in [2.05, 4.69) is 34.1 Å². The molecule has 3 aromatic rings. The number of aryl methyl sites for hydroxylation is 1. The molecule has 0 saturated carbocycles. The highest BCUT2D eigenvalue weighted by molar-refractivity contribution is 5.60. The van der Waals surface area contributed by atoms with Crippen molar-refractivity contribution in [3.8, 4) is 11.3 Å². The van der Waals surface area contributed by atoms with Gasteiger partial charge in [0.2, 0.25) is 5.95 Å². The second-order valence-electron chi connectivity index (χ2n) is 7.94. The normalized spacial score (nSPS) is 20.8. The van der Waals surface area contributed by atoms with Crippen molar-refractivity contribution < 1.29 is 4.39 Å². The van der Waals surface area contributed by atoms with Gasteiger partial charge in [-0.25, -0.2) is 9.37 Å². The van der Waals surface area contributed by atoms with Crippen LogP contribution < -0.4 is 10.5 Å². The lowest BCUT2D eigenvalue weighted by atomic mass is 9.74. The number of halogens is 1. The molecule has 1 saturated heterocycles. The Morgan fingerprint density at radius 2 is 2.03 bits per heavy atom. The van der Waals surface area contributed by atoms with E-state index in [0.29, 0.717) is 29.2 Å². The average molecular weight is 390 g/mol. The van der Waals surface area contributed by atoms with Gasteiger partial charge in [0, 0.05) is 43.4 Å². The first-order chi connectivity index (χ1) is 14.1. The molecule has 0 spiro atoms. The van der Waals surface area contributed by atoms with Crippen LogP contribution >= 0.6 is 0 Å². The summed E-state index contributed by atoms with van der Waals surface area (Å²) in [7, 11) is 1.75. The third-order valence-electron chi connectivity index (χ3n) is 6.36. The third kappa shape index (κ3) is 3.03. The Bertz CT molecular complexity index is 1130. The molecular formula is C23H23FN4O. The number of pyridine rings is 1. The lowest BCUT2D eigenvalue weighted by Gasteiger charge is -2.45. The van der Waals surface area contributed by atoms with Gasteiger partial charge >= 0.3 is 0 Å². The van der Waals surface area contributed by atoms with Crippen LogP contribution in [0.4, 0.5) is 10.3 Å². The Labute approximate surface area is 168 Å². The lowest BCUT2D eigenvalue weighted by molar-refractivity contribution is 0.358. The molecule has 0 amide bonds. The molecule has 1 aromatic carbocycles. The van der Waals surface area contributed by atoms with Crippen molar-refractivity contribution in [1.29, 1.82) is 0 Å². The predicted octanol–water partition coefficient (Wildman–Crippen LogP) is 3.68. The summed E-state index contributed by atoms with van der Waals surface area (Å²) in [5.74, 6) is 0.590. The molecule has 5 nitrogen and oxygen atoms in total. The molecule has 0 unspecified atom stereocenters. The van der Waals surface area contributed by atoms with E-state index in [9.17, 15) is 9.18 Å². The number of fused-ring (bicyclic) bond motifs is 3. The van der Waals surface area contributed by atoms with Crippen molar-refractivity contribution in [2.75, 3.05) is 11.4 Å². The Kier molecular flexibility index (Phi) is 4.42. The molecule has 0 N–H and O–H groups in total. The highest BCUT2D eigenvalue weighted by Gasteiger charge is 2.37. The second kappa shape index (κ2) is 7.10.